The van der Waals surface area contributed by atoms with Crippen LogP contribution in [0.5, 0.6) is 0 Å². The van der Waals surface area contributed by atoms with E-state index in [9.17, 15) is 19.2 Å². The molecule has 3 fully saturated rings. The van der Waals surface area contributed by atoms with Gasteiger partial charge in [-0.3, -0.25) is 24.1 Å². The first kappa shape index (κ1) is 19.2. The van der Waals surface area contributed by atoms with Crippen LogP contribution in [0.15, 0.2) is 0 Å². The second kappa shape index (κ2) is 7.58. The van der Waals surface area contributed by atoms with Crippen LogP contribution < -0.4 is 10.6 Å². The summed E-state index contributed by atoms with van der Waals surface area (Å²) in [5.41, 5.74) is -0.205. The molecule has 0 aromatic carbocycles. The van der Waals surface area contributed by atoms with Crippen molar-refractivity contribution in [1.82, 2.24) is 15.5 Å². The number of nitrogens with one attached hydrogen (secondary N) is 2. The molecule has 3 rings (SSSR count). The predicted octanol–water partition coefficient (Wildman–Crippen LogP) is 0.536. The summed E-state index contributed by atoms with van der Waals surface area (Å²) in [6.07, 6.45) is 4.43. The SMILES string of the molecule is CC1(C)[C@@H]2C(=O)N(CCNC(=O)CSCC(=O)NC3CCCC3)C(=O)[C@@H]21. The minimum atomic E-state index is -0.205. The number of carbonyl (C=O) groups excluding carboxylic acids is 4. The summed E-state index contributed by atoms with van der Waals surface area (Å²) in [4.78, 5) is 49.2. The third-order valence-corrected chi connectivity index (χ3v) is 6.67. The first-order valence-electron chi connectivity index (χ1n) is 9.31. The Labute approximate surface area is 158 Å². The van der Waals surface area contributed by atoms with E-state index in [4.69, 9.17) is 0 Å². The Morgan fingerprint density at radius 1 is 1.08 bits per heavy atom. The summed E-state index contributed by atoms with van der Waals surface area (Å²) in [6.45, 7) is 4.36. The fraction of sp³-hybridized carbons (Fsp3) is 0.778. The minimum Gasteiger partial charge on any atom is -0.354 e. The van der Waals surface area contributed by atoms with Crippen molar-refractivity contribution in [2.45, 2.75) is 45.6 Å². The Morgan fingerprint density at radius 3 is 2.27 bits per heavy atom. The number of likely N-dealkylation sites (tertiary alicyclic amines) is 1. The zero-order chi connectivity index (χ0) is 18.9. The molecule has 0 radical (unpaired) electrons. The zero-order valence-electron chi connectivity index (χ0n) is 15.4. The molecule has 2 saturated carbocycles. The first-order chi connectivity index (χ1) is 12.3. The third kappa shape index (κ3) is 3.89. The number of hydrogen-bond donors (Lipinski definition) is 2. The van der Waals surface area contributed by atoms with Gasteiger partial charge in [-0.15, -0.1) is 11.8 Å². The molecule has 1 aliphatic heterocycles. The highest BCUT2D eigenvalue weighted by atomic mass is 32.2. The molecule has 0 bridgehead atoms. The van der Waals surface area contributed by atoms with Crippen molar-refractivity contribution in [1.29, 1.82) is 0 Å². The number of hydrogen-bond acceptors (Lipinski definition) is 5. The van der Waals surface area contributed by atoms with E-state index >= 15 is 0 Å². The molecule has 3 aliphatic rings. The van der Waals surface area contributed by atoms with Gasteiger partial charge in [0.25, 0.3) is 0 Å². The standard InChI is InChI=1S/C18H27N3O4S/c1-18(2)14-15(18)17(25)21(16(14)24)8-7-19-12(22)9-26-10-13(23)20-11-5-3-4-6-11/h11,14-15H,3-10H2,1-2H3,(H,19,22)(H,20,23)/t14-,15+. The van der Waals surface area contributed by atoms with E-state index in [1.807, 2.05) is 13.8 Å². The fourth-order valence-electron chi connectivity index (χ4n) is 4.16. The highest BCUT2D eigenvalue weighted by Crippen LogP contribution is 2.63. The molecule has 0 unspecified atom stereocenters. The van der Waals surface area contributed by atoms with Crippen molar-refractivity contribution < 1.29 is 19.2 Å². The molecule has 8 heteroatoms. The monoisotopic (exact) mass is 381 g/mol. The van der Waals surface area contributed by atoms with E-state index in [-0.39, 0.29) is 65.5 Å². The second-order valence-corrected chi connectivity index (χ2v) is 8.98. The predicted molar refractivity (Wildman–Crippen MR) is 98.2 cm³/mol. The Morgan fingerprint density at radius 2 is 1.65 bits per heavy atom. The van der Waals surface area contributed by atoms with Crippen molar-refractivity contribution in [3.63, 3.8) is 0 Å². The van der Waals surface area contributed by atoms with Gasteiger partial charge in [-0.1, -0.05) is 26.7 Å². The number of nitrogens with zero attached hydrogens (tertiary/aromatic N) is 1. The van der Waals surface area contributed by atoms with Gasteiger partial charge in [-0.2, -0.15) is 0 Å². The van der Waals surface area contributed by atoms with Crippen molar-refractivity contribution in [2.75, 3.05) is 24.6 Å². The van der Waals surface area contributed by atoms with Crippen molar-refractivity contribution in [3.8, 4) is 0 Å². The number of piperidine rings is 1. The molecule has 0 aromatic heterocycles. The first-order valence-corrected chi connectivity index (χ1v) is 10.5. The van der Waals surface area contributed by atoms with E-state index < -0.39 is 0 Å². The van der Waals surface area contributed by atoms with E-state index in [1.54, 1.807) is 0 Å². The minimum absolute atomic E-state index is 0.0233. The number of thioether (sulfide) groups is 1. The van der Waals surface area contributed by atoms with E-state index in [0.717, 1.165) is 12.8 Å². The molecule has 0 aromatic rings. The maximum Gasteiger partial charge on any atom is 0.233 e. The summed E-state index contributed by atoms with van der Waals surface area (Å²) in [5, 5.41) is 5.69. The van der Waals surface area contributed by atoms with Crippen molar-refractivity contribution in [2.24, 2.45) is 17.3 Å². The average molecular weight is 381 g/mol. The van der Waals surface area contributed by atoms with Crippen LogP contribution in [0.1, 0.15) is 39.5 Å². The molecule has 7 nitrogen and oxygen atoms in total. The summed E-state index contributed by atoms with van der Waals surface area (Å²) in [6, 6.07) is 0.295. The van der Waals surface area contributed by atoms with Crippen LogP contribution in [0.2, 0.25) is 0 Å². The van der Waals surface area contributed by atoms with Crippen LogP contribution in [-0.2, 0) is 19.2 Å². The molecule has 1 saturated heterocycles. The zero-order valence-corrected chi connectivity index (χ0v) is 16.2. The highest BCUT2D eigenvalue weighted by Gasteiger charge is 2.72. The summed E-state index contributed by atoms with van der Waals surface area (Å²) >= 11 is 1.27. The molecule has 144 valence electrons. The number of carbonyl (C=O) groups is 4. The van der Waals surface area contributed by atoms with E-state index in [1.165, 1.54) is 29.5 Å². The van der Waals surface area contributed by atoms with Gasteiger partial charge < -0.3 is 10.6 Å². The maximum atomic E-state index is 12.2. The Bertz CT molecular complexity index is 592. The molecular weight excluding hydrogens is 354 g/mol. The molecule has 2 atom stereocenters. The van der Waals surface area contributed by atoms with Gasteiger partial charge in [-0.25, -0.2) is 0 Å². The number of imide groups is 1. The van der Waals surface area contributed by atoms with Gasteiger partial charge in [0.15, 0.2) is 0 Å². The molecule has 1 heterocycles. The van der Waals surface area contributed by atoms with Crippen LogP contribution in [0.4, 0.5) is 0 Å². The second-order valence-electron chi connectivity index (χ2n) is 8.00. The van der Waals surface area contributed by atoms with E-state index in [2.05, 4.69) is 10.6 Å². The fourth-order valence-corrected chi connectivity index (χ4v) is 4.82. The van der Waals surface area contributed by atoms with Gasteiger partial charge >= 0.3 is 0 Å². The van der Waals surface area contributed by atoms with Gasteiger partial charge in [0.2, 0.25) is 23.6 Å². The van der Waals surface area contributed by atoms with Crippen molar-refractivity contribution in [3.05, 3.63) is 0 Å². The van der Waals surface area contributed by atoms with Gasteiger partial charge in [0.1, 0.15) is 0 Å². The number of amides is 4. The highest BCUT2D eigenvalue weighted by molar-refractivity contribution is 8.00. The largest absolute Gasteiger partial charge is 0.354 e. The smallest absolute Gasteiger partial charge is 0.233 e. The van der Waals surface area contributed by atoms with Gasteiger partial charge in [-0.05, 0) is 18.3 Å². The maximum absolute atomic E-state index is 12.2. The van der Waals surface area contributed by atoms with Crippen molar-refractivity contribution >= 4 is 35.4 Å². The van der Waals surface area contributed by atoms with Gasteiger partial charge in [0, 0.05) is 19.1 Å². The quantitative estimate of drug-likeness (QED) is 0.598. The molecule has 0 spiro atoms. The Kier molecular flexibility index (Phi) is 5.60. The van der Waals surface area contributed by atoms with Gasteiger partial charge in [0.05, 0.1) is 23.3 Å². The van der Waals surface area contributed by atoms with Crippen LogP contribution in [0, 0.1) is 17.3 Å². The molecular formula is C18H27N3O4S. The average Bonchev–Trinajstić information content (AvgIpc) is 2.90. The lowest BCUT2D eigenvalue weighted by Crippen LogP contribution is -2.42. The van der Waals surface area contributed by atoms with Crippen LogP contribution >= 0.6 is 11.8 Å². The lowest BCUT2D eigenvalue weighted by molar-refractivity contribution is -0.143. The topological polar surface area (TPSA) is 95.6 Å². The summed E-state index contributed by atoms with van der Waals surface area (Å²) in [7, 11) is 0. The lowest BCUT2D eigenvalue weighted by atomic mass is 10.1. The lowest BCUT2D eigenvalue weighted by Gasteiger charge is -2.20. The number of rotatable bonds is 8. The summed E-state index contributed by atoms with van der Waals surface area (Å²) < 4.78 is 0. The van der Waals surface area contributed by atoms with Crippen LogP contribution in [0.25, 0.3) is 0 Å². The molecule has 4 amide bonds. The number of fused-ring (bicyclic) bond motifs is 1. The van der Waals surface area contributed by atoms with Crippen LogP contribution in [0.3, 0.4) is 0 Å². The Balaban J connectivity index is 1.27. The Hall–Kier alpha value is -1.57. The summed E-state index contributed by atoms with van der Waals surface area (Å²) in [5.74, 6) is -0.337. The normalized spacial score (nSPS) is 26.8. The third-order valence-electron chi connectivity index (χ3n) is 5.74. The molecule has 26 heavy (non-hydrogen) atoms. The van der Waals surface area contributed by atoms with E-state index in [0.29, 0.717) is 6.04 Å². The van der Waals surface area contributed by atoms with Crippen LogP contribution in [-0.4, -0.2) is 59.2 Å². The molecule has 2 aliphatic carbocycles. The molecule has 2 N–H and O–H groups in total.